The van der Waals surface area contributed by atoms with E-state index >= 15 is 0 Å². The number of hydrogen-bond donors (Lipinski definition) is 1. The van der Waals surface area contributed by atoms with Crippen molar-refractivity contribution >= 4 is 0 Å². The van der Waals surface area contributed by atoms with Crippen LogP contribution in [0.5, 0.6) is 0 Å². The van der Waals surface area contributed by atoms with Gasteiger partial charge in [-0.1, -0.05) is 6.92 Å². The standard InChI is InChI=1S/C10H20F2N2O/c1-3-14-4-5-15-9(7-14)6-13-8(2)10(11)12/h8-10,13H,3-7H2,1-2H3. The second kappa shape index (κ2) is 6.35. The molecule has 1 rings (SSSR count). The molecule has 1 N–H and O–H groups in total. The van der Waals surface area contributed by atoms with Crippen LogP contribution in [0.2, 0.25) is 0 Å². The Labute approximate surface area is 89.8 Å². The average molecular weight is 222 g/mol. The summed E-state index contributed by atoms with van der Waals surface area (Å²) >= 11 is 0. The molecule has 2 unspecified atom stereocenters. The Hall–Kier alpha value is -0.260. The highest BCUT2D eigenvalue weighted by Crippen LogP contribution is 2.05. The predicted molar refractivity (Wildman–Crippen MR) is 55.3 cm³/mol. The second-order valence-electron chi connectivity index (χ2n) is 3.92. The van der Waals surface area contributed by atoms with Gasteiger partial charge in [-0.05, 0) is 13.5 Å². The Balaban J connectivity index is 2.20. The molecule has 0 spiro atoms. The Morgan fingerprint density at radius 3 is 2.87 bits per heavy atom. The summed E-state index contributed by atoms with van der Waals surface area (Å²) in [5.41, 5.74) is 0. The Bertz CT molecular complexity index is 181. The fourth-order valence-corrected chi connectivity index (χ4v) is 1.60. The van der Waals surface area contributed by atoms with E-state index in [4.69, 9.17) is 4.74 Å². The molecule has 15 heavy (non-hydrogen) atoms. The first-order valence-corrected chi connectivity index (χ1v) is 5.49. The molecule has 90 valence electrons. The van der Waals surface area contributed by atoms with E-state index in [1.54, 1.807) is 0 Å². The van der Waals surface area contributed by atoms with Gasteiger partial charge in [-0.15, -0.1) is 0 Å². The molecular formula is C10H20F2N2O. The highest BCUT2D eigenvalue weighted by Gasteiger charge is 2.21. The van der Waals surface area contributed by atoms with Crippen molar-refractivity contribution in [3.05, 3.63) is 0 Å². The summed E-state index contributed by atoms with van der Waals surface area (Å²) in [6.07, 6.45) is -2.27. The third-order valence-corrected chi connectivity index (χ3v) is 2.72. The van der Waals surface area contributed by atoms with Crippen molar-refractivity contribution in [1.82, 2.24) is 10.2 Å². The fourth-order valence-electron chi connectivity index (χ4n) is 1.60. The lowest BCUT2D eigenvalue weighted by molar-refractivity contribution is -0.0289. The monoisotopic (exact) mass is 222 g/mol. The van der Waals surface area contributed by atoms with Crippen LogP contribution in [-0.2, 0) is 4.74 Å². The minimum absolute atomic E-state index is 0.0416. The Morgan fingerprint density at radius 2 is 2.27 bits per heavy atom. The summed E-state index contributed by atoms with van der Waals surface area (Å²) in [6.45, 7) is 7.55. The number of nitrogens with one attached hydrogen (secondary N) is 1. The lowest BCUT2D eigenvalue weighted by atomic mass is 10.2. The first-order valence-electron chi connectivity index (χ1n) is 5.49. The minimum Gasteiger partial charge on any atom is -0.374 e. The van der Waals surface area contributed by atoms with Gasteiger partial charge in [0.15, 0.2) is 0 Å². The zero-order valence-corrected chi connectivity index (χ0v) is 9.38. The molecule has 0 aromatic carbocycles. The fraction of sp³-hybridized carbons (Fsp3) is 1.00. The zero-order chi connectivity index (χ0) is 11.3. The molecular weight excluding hydrogens is 202 g/mol. The number of nitrogens with zero attached hydrogens (tertiary/aromatic N) is 1. The summed E-state index contributed by atoms with van der Waals surface area (Å²) in [6, 6.07) is -0.759. The van der Waals surface area contributed by atoms with Crippen LogP contribution in [0.1, 0.15) is 13.8 Å². The summed E-state index contributed by atoms with van der Waals surface area (Å²) in [7, 11) is 0. The van der Waals surface area contributed by atoms with E-state index in [0.717, 1.165) is 19.6 Å². The van der Waals surface area contributed by atoms with Crippen LogP contribution in [0.4, 0.5) is 8.78 Å². The molecule has 0 saturated carbocycles. The smallest absolute Gasteiger partial charge is 0.253 e. The molecule has 1 saturated heterocycles. The Morgan fingerprint density at radius 1 is 1.53 bits per heavy atom. The van der Waals surface area contributed by atoms with Crippen LogP contribution in [0.15, 0.2) is 0 Å². The number of alkyl halides is 2. The van der Waals surface area contributed by atoms with E-state index in [1.165, 1.54) is 6.92 Å². The van der Waals surface area contributed by atoms with Crippen molar-refractivity contribution in [3.8, 4) is 0 Å². The van der Waals surface area contributed by atoms with E-state index in [2.05, 4.69) is 17.1 Å². The first-order chi connectivity index (χ1) is 7.13. The van der Waals surface area contributed by atoms with Gasteiger partial charge < -0.3 is 10.1 Å². The van der Waals surface area contributed by atoms with Gasteiger partial charge in [0, 0.05) is 19.6 Å². The maximum Gasteiger partial charge on any atom is 0.253 e. The highest BCUT2D eigenvalue weighted by molar-refractivity contribution is 4.74. The number of halogens is 2. The van der Waals surface area contributed by atoms with Crippen molar-refractivity contribution < 1.29 is 13.5 Å². The molecule has 0 amide bonds. The molecule has 1 aliphatic rings. The third kappa shape index (κ3) is 4.40. The molecule has 2 atom stereocenters. The quantitative estimate of drug-likeness (QED) is 0.749. The molecule has 0 aliphatic carbocycles. The molecule has 3 nitrogen and oxygen atoms in total. The van der Waals surface area contributed by atoms with Crippen LogP contribution < -0.4 is 5.32 Å². The SMILES string of the molecule is CCN1CCOC(CNC(C)C(F)F)C1. The third-order valence-electron chi connectivity index (χ3n) is 2.72. The van der Waals surface area contributed by atoms with E-state index in [9.17, 15) is 8.78 Å². The lowest BCUT2D eigenvalue weighted by Crippen LogP contribution is -2.48. The van der Waals surface area contributed by atoms with Gasteiger partial charge in [-0.25, -0.2) is 8.78 Å². The number of rotatable bonds is 5. The van der Waals surface area contributed by atoms with E-state index in [1.807, 2.05) is 0 Å². The summed E-state index contributed by atoms with van der Waals surface area (Å²) < 4.78 is 29.9. The van der Waals surface area contributed by atoms with Gasteiger partial charge >= 0.3 is 0 Å². The zero-order valence-electron chi connectivity index (χ0n) is 9.38. The van der Waals surface area contributed by atoms with Crippen molar-refractivity contribution in [1.29, 1.82) is 0 Å². The molecule has 1 heterocycles. The van der Waals surface area contributed by atoms with Crippen LogP contribution >= 0.6 is 0 Å². The number of likely N-dealkylation sites (N-methyl/N-ethyl adjacent to an activating group) is 1. The average Bonchev–Trinajstić information content (AvgIpc) is 2.26. The highest BCUT2D eigenvalue weighted by atomic mass is 19.3. The Kier molecular flexibility index (Phi) is 5.42. The van der Waals surface area contributed by atoms with E-state index in [-0.39, 0.29) is 6.10 Å². The number of morpholine rings is 1. The molecule has 0 radical (unpaired) electrons. The number of hydrogen-bond acceptors (Lipinski definition) is 3. The van der Waals surface area contributed by atoms with Crippen LogP contribution in [0.25, 0.3) is 0 Å². The topological polar surface area (TPSA) is 24.5 Å². The van der Waals surface area contributed by atoms with E-state index < -0.39 is 12.5 Å². The van der Waals surface area contributed by atoms with Gasteiger partial charge in [0.2, 0.25) is 0 Å². The largest absolute Gasteiger partial charge is 0.374 e. The van der Waals surface area contributed by atoms with Crippen molar-refractivity contribution in [2.24, 2.45) is 0 Å². The molecule has 1 aliphatic heterocycles. The van der Waals surface area contributed by atoms with Gasteiger partial charge in [0.25, 0.3) is 6.43 Å². The second-order valence-corrected chi connectivity index (χ2v) is 3.92. The van der Waals surface area contributed by atoms with Crippen LogP contribution in [-0.4, -0.2) is 56.3 Å². The number of ether oxygens (including phenoxy) is 1. The van der Waals surface area contributed by atoms with E-state index in [0.29, 0.717) is 13.2 Å². The van der Waals surface area contributed by atoms with Crippen LogP contribution in [0.3, 0.4) is 0 Å². The summed E-state index contributed by atoms with van der Waals surface area (Å²) in [5.74, 6) is 0. The maximum atomic E-state index is 12.2. The predicted octanol–water partition coefficient (Wildman–Crippen LogP) is 0.950. The molecule has 0 aromatic heterocycles. The van der Waals surface area contributed by atoms with Crippen LogP contribution in [0, 0.1) is 0 Å². The molecule has 0 aromatic rings. The maximum absolute atomic E-state index is 12.2. The van der Waals surface area contributed by atoms with Crippen molar-refractivity contribution in [2.75, 3.05) is 32.8 Å². The van der Waals surface area contributed by atoms with Gasteiger partial charge in [0.05, 0.1) is 18.8 Å². The molecule has 0 bridgehead atoms. The van der Waals surface area contributed by atoms with Gasteiger partial charge in [-0.3, -0.25) is 4.90 Å². The molecule has 1 fully saturated rings. The summed E-state index contributed by atoms with van der Waals surface area (Å²) in [4.78, 5) is 2.27. The van der Waals surface area contributed by atoms with Crippen molar-refractivity contribution in [3.63, 3.8) is 0 Å². The first kappa shape index (κ1) is 12.8. The normalized spacial score (nSPS) is 25.8. The van der Waals surface area contributed by atoms with Gasteiger partial charge in [0.1, 0.15) is 0 Å². The van der Waals surface area contributed by atoms with Crippen molar-refractivity contribution in [2.45, 2.75) is 32.4 Å². The minimum atomic E-state index is -2.31. The lowest BCUT2D eigenvalue weighted by Gasteiger charge is -2.32. The molecule has 5 heteroatoms. The van der Waals surface area contributed by atoms with Gasteiger partial charge in [-0.2, -0.15) is 0 Å². The summed E-state index contributed by atoms with van der Waals surface area (Å²) in [5, 5.41) is 2.79.